The van der Waals surface area contributed by atoms with Gasteiger partial charge in [0, 0.05) is 12.0 Å². The number of amides is 1. The molecule has 2 aromatic carbocycles. The summed E-state index contributed by atoms with van der Waals surface area (Å²) in [7, 11) is 0. The van der Waals surface area contributed by atoms with E-state index in [1.54, 1.807) is 6.07 Å². The van der Waals surface area contributed by atoms with Gasteiger partial charge in [-0.05, 0) is 23.3 Å². The van der Waals surface area contributed by atoms with E-state index in [4.69, 9.17) is 0 Å². The van der Waals surface area contributed by atoms with Crippen molar-refractivity contribution in [2.24, 2.45) is 5.10 Å². The van der Waals surface area contributed by atoms with E-state index in [0.29, 0.717) is 12.0 Å². The molecule has 128 valence electrons. The predicted molar refractivity (Wildman–Crippen MR) is 99.3 cm³/mol. The number of unbranched alkanes of at least 4 members (excludes halogenated alkanes) is 5. The van der Waals surface area contributed by atoms with Gasteiger partial charge in [-0.2, -0.15) is 5.10 Å². The van der Waals surface area contributed by atoms with Crippen LogP contribution in [0, 0.1) is 0 Å². The number of nitrogens with one attached hydrogen (secondary N) is 1. The first-order chi connectivity index (χ1) is 11.7. The molecule has 0 saturated heterocycles. The molecule has 0 heterocycles. The van der Waals surface area contributed by atoms with Crippen LogP contribution in [0.2, 0.25) is 0 Å². The van der Waals surface area contributed by atoms with Crippen LogP contribution < -0.4 is 5.43 Å². The molecule has 4 nitrogen and oxygen atoms in total. The summed E-state index contributed by atoms with van der Waals surface area (Å²) in [5.41, 5.74) is 3.16. The maximum atomic E-state index is 11.8. The van der Waals surface area contributed by atoms with E-state index in [0.717, 1.165) is 23.6 Å². The number of phenols is 1. The van der Waals surface area contributed by atoms with Gasteiger partial charge < -0.3 is 5.11 Å². The number of hydrogen-bond acceptors (Lipinski definition) is 3. The van der Waals surface area contributed by atoms with E-state index < -0.39 is 0 Å². The fraction of sp³-hybridized carbons (Fsp3) is 0.400. The minimum absolute atomic E-state index is 0.0820. The van der Waals surface area contributed by atoms with Crippen molar-refractivity contribution in [3.63, 3.8) is 0 Å². The van der Waals surface area contributed by atoms with Crippen molar-refractivity contribution < 1.29 is 9.90 Å². The Morgan fingerprint density at radius 1 is 1.08 bits per heavy atom. The Hall–Kier alpha value is -2.36. The van der Waals surface area contributed by atoms with Gasteiger partial charge in [-0.3, -0.25) is 4.79 Å². The predicted octanol–water partition coefficient (Wildman–Crippen LogP) is 4.75. The fourth-order valence-electron chi connectivity index (χ4n) is 2.71. The summed E-state index contributed by atoms with van der Waals surface area (Å²) in [6.45, 7) is 2.19. The molecule has 0 aromatic heterocycles. The van der Waals surface area contributed by atoms with Crippen LogP contribution >= 0.6 is 0 Å². The summed E-state index contributed by atoms with van der Waals surface area (Å²) in [4.78, 5) is 11.8. The van der Waals surface area contributed by atoms with E-state index in [1.807, 2.05) is 30.3 Å². The quantitative estimate of drug-likeness (QED) is 0.397. The lowest BCUT2D eigenvalue weighted by Gasteiger charge is -2.05. The van der Waals surface area contributed by atoms with Crippen LogP contribution in [-0.2, 0) is 4.79 Å². The van der Waals surface area contributed by atoms with Gasteiger partial charge in [-0.15, -0.1) is 0 Å². The van der Waals surface area contributed by atoms with Gasteiger partial charge in [0.05, 0.1) is 6.21 Å². The lowest BCUT2D eigenvalue weighted by molar-refractivity contribution is -0.121. The molecule has 0 saturated carbocycles. The smallest absolute Gasteiger partial charge is 0.240 e. The molecule has 0 spiro atoms. The summed E-state index contributed by atoms with van der Waals surface area (Å²) in [6, 6.07) is 11.3. The SMILES string of the molecule is CCCCCCCCC(=O)N/N=C/c1c(O)ccc2ccccc12. The maximum absolute atomic E-state index is 11.8. The minimum atomic E-state index is -0.0820. The van der Waals surface area contributed by atoms with Crippen molar-refractivity contribution in [3.8, 4) is 5.75 Å². The summed E-state index contributed by atoms with van der Waals surface area (Å²) in [5.74, 6) is 0.0732. The summed E-state index contributed by atoms with van der Waals surface area (Å²) < 4.78 is 0. The molecule has 0 aliphatic rings. The molecule has 0 bridgehead atoms. The normalized spacial score (nSPS) is 11.2. The van der Waals surface area contributed by atoms with Crippen LogP contribution in [0.4, 0.5) is 0 Å². The lowest BCUT2D eigenvalue weighted by atomic mass is 10.0. The second-order valence-corrected chi connectivity index (χ2v) is 6.03. The van der Waals surface area contributed by atoms with E-state index >= 15 is 0 Å². The third-order valence-corrected chi connectivity index (χ3v) is 4.09. The number of rotatable bonds is 9. The average Bonchev–Trinajstić information content (AvgIpc) is 2.60. The summed E-state index contributed by atoms with van der Waals surface area (Å²) in [6.07, 6.45) is 8.92. The molecular formula is C20H26N2O2. The number of benzene rings is 2. The number of aromatic hydroxyl groups is 1. The Morgan fingerprint density at radius 2 is 1.83 bits per heavy atom. The average molecular weight is 326 g/mol. The van der Waals surface area contributed by atoms with Crippen LogP contribution in [0.25, 0.3) is 10.8 Å². The molecule has 2 rings (SSSR count). The molecule has 2 N–H and O–H groups in total. The van der Waals surface area contributed by atoms with Gasteiger partial charge in [-0.1, -0.05) is 69.4 Å². The van der Waals surface area contributed by atoms with Crippen LogP contribution in [0.1, 0.15) is 57.4 Å². The first-order valence-electron chi connectivity index (χ1n) is 8.75. The Labute approximate surface area is 143 Å². The molecule has 2 aromatic rings. The number of carbonyl (C=O) groups excluding carboxylic acids is 1. The maximum Gasteiger partial charge on any atom is 0.240 e. The van der Waals surface area contributed by atoms with E-state index in [1.165, 1.54) is 31.9 Å². The first-order valence-corrected chi connectivity index (χ1v) is 8.75. The van der Waals surface area contributed by atoms with Crippen LogP contribution in [-0.4, -0.2) is 17.2 Å². The fourth-order valence-corrected chi connectivity index (χ4v) is 2.71. The zero-order valence-corrected chi connectivity index (χ0v) is 14.3. The van der Waals surface area contributed by atoms with Crippen molar-refractivity contribution in [2.45, 2.75) is 51.9 Å². The van der Waals surface area contributed by atoms with Gasteiger partial charge in [0.15, 0.2) is 0 Å². The van der Waals surface area contributed by atoms with Crippen LogP contribution in [0.5, 0.6) is 5.75 Å². The standard InChI is InChI=1S/C20H26N2O2/c1-2-3-4-5-6-7-12-20(24)22-21-15-18-17-11-9-8-10-16(17)13-14-19(18)23/h8-11,13-15,23H,2-7,12H2,1H3,(H,22,24)/b21-15+. The van der Waals surface area contributed by atoms with Crippen LogP contribution in [0.3, 0.4) is 0 Å². The Bertz CT molecular complexity index is 695. The van der Waals surface area contributed by atoms with Gasteiger partial charge >= 0.3 is 0 Å². The third kappa shape index (κ3) is 5.37. The number of phenolic OH excluding ortho intramolecular Hbond substituents is 1. The minimum Gasteiger partial charge on any atom is -0.507 e. The molecule has 0 radical (unpaired) electrons. The highest BCUT2D eigenvalue weighted by Crippen LogP contribution is 2.25. The van der Waals surface area contributed by atoms with Crippen molar-refractivity contribution >= 4 is 22.9 Å². The van der Waals surface area contributed by atoms with E-state index in [2.05, 4.69) is 17.5 Å². The van der Waals surface area contributed by atoms with Gasteiger partial charge in [0.1, 0.15) is 5.75 Å². The Kier molecular flexibility index (Phi) is 7.27. The number of fused-ring (bicyclic) bond motifs is 1. The highest BCUT2D eigenvalue weighted by atomic mass is 16.3. The molecule has 24 heavy (non-hydrogen) atoms. The molecular weight excluding hydrogens is 300 g/mol. The number of hydrazone groups is 1. The summed E-state index contributed by atoms with van der Waals surface area (Å²) >= 11 is 0. The zero-order chi connectivity index (χ0) is 17.2. The van der Waals surface area contributed by atoms with Gasteiger partial charge in [-0.25, -0.2) is 5.43 Å². The molecule has 1 amide bonds. The third-order valence-electron chi connectivity index (χ3n) is 4.09. The Morgan fingerprint density at radius 3 is 2.67 bits per heavy atom. The first kappa shape index (κ1) is 18.0. The largest absolute Gasteiger partial charge is 0.507 e. The molecule has 4 heteroatoms. The second-order valence-electron chi connectivity index (χ2n) is 6.03. The topological polar surface area (TPSA) is 61.7 Å². The van der Waals surface area contributed by atoms with Crippen molar-refractivity contribution in [2.75, 3.05) is 0 Å². The van der Waals surface area contributed by atoms with Gasteiger partial charge in [0.2, 0.25) is 5.91 Å². The number of carbonyl (C=O) groups is 1. The highest BCUT2D eigenvalue weighted by Gasteiger charge is 2.04. The molecule has 0 aliphatic carbocycles. The second kappa shape index (κ2) is 9.71. The van der Waals surface area contributed by atoms with E-state index in [9.17, 15) is 9.90 Å². The van der Waals surface area contributed by atoms with E-state index in [-0.39, 0.29) is 11.7 Å². The number of nitrogens with zero attached hydrogens (tertiary/aromatic N) is 1. The highest BCUT2D eigenvalue weighted by molar-refractivity contribution is 6.02. The van der Waals surface area contributed by atoms with Crippen LogP contribution in [0.15, 0.2) is 41.5 Å². The van der Waals surface area contributed by atoms with Gasteiger partial charge in [0.25, 0.3) is 0 Å². The lowest BCUT2D eigenvalue weighted by Crippen LogP contribution is -2.16. The molecule has 0 atom stereocenters. The summed E-state index contributed by atoms with van der Waals surface area (Å²) in [5, 5.41) is 15.9. The molecule has 0 unspecified atom stereocenters. The zero-order valence-electron chi connectivity index (χ0n) is 14.3. The van der Waals surface area contributed by atoms with Crippen molar-refractivity contribution in [3.05, 3.63) is 42.0 Å². The molecule has 0 aliphatic heterocycles. The molecule has 0 fully saturated rings. The van der Waals surface area contributed by atoms with Crippen molar-refractivity contribution in [1.82, 2.24) is 5.43 Å². The Balaban J connectivity index is 1.84. The van der Waals surface area contributed by atoms with Crippen molar-refractivity contribution in [1.29, 1.82) is 0 Å². The monoisotopic (exact) mass is 326 g/mol. The number of hydrogen-bond donors (Lipinski definition) is 2.